The molecule has 13 rings (SSSR count). The molecular formula is C58H39NO. The van der Waals surface area contributed by atoms with E-state index >= 15 is 0 Å². The van der Waals surface area contributed by atoms with E-state index in [2.05, 4.69) is 213 Å². The number of rotatable bonds is 4. The summed E-state index contributed by atoms with van der Waals surface area (Å²) in [5, 5.41) is 2.25. The highest BCUT2D eigenvalue weighted by Crippen LogP contribution is 2.65. The third-order valence-electron chi connectivity index (χ3n) is 13.9. The van der Waals surface area contributed by atoms with Crippen molar-refractivity contribution in [2.24, 2.45) is 0 Å². The zero-order valence-corrected chi connectivity index (χ0v) is 33.4. The Morgan fingerprint density at radius 2 is 0.900 bits per heavy atom. The smallest absolute Gasteiger partial charge is 0.135 e. The van der Waals surface area contributed by atoms with Gasteiger partial charge in [-0.25, -0.2) is 0 Å². The highest BCUT2D eigenvalue weighted by atomic mass is 16.3. The summed E-state index contributed by atoms with van der Waals surface area (Å²) in [7, 11) is 0. The molecule has 0 fully saturated rings. The predicted octanol–water partition coefficient (Wildman–Crippen LogP) is 15.4. The highest BCUT2D eigenvalue weighted by Gasteiger charge is 2.52. The van der Waals surface area contributed by atoms with Gasteiger partial charge in [0.25, 0.3) is 0 Å². The second-order valence-electron chi connectivity index (χ2n) is 17.1. The molecule has 0 bridgehead atoms. The summed E-state index contributed by atoms with van der Waals surface area (Å²) in [5.74, 6) is 0. The molecule has 0 aliphatic heterocycles. The lowest BCUT2D eigenvalue weighted by Crippen LogP contribution is -2.26. The topological polar surface area (TPSA) is 16.4 Å². The summed E-state index contributed by atoms with van der Waals surface area (Å²) in [6, 6.07) is 74.3. The maximum Gasteiger partial charge on any atom is 0.135 e. The zero-order valence-electron chi connectivity index (χ0n) is 33.4. The third kappa shape index (κ3) is 4.27. The van der Waals surface area contributed by atoms with Crippen LogP contribution in [0.5, 0.6) is 0 Å². The predicted molar refractivity (Wildman–Crippen MR) is 248 cm³/mol. The van der Waals surface area contributed by atoms with Gasteiger partial charge in [0.05, 0.1) is 16.8 Å². The van der Waals surface area contributed by atoms with E-state index < -0.39 is 5.41 Å². The molecule has 0 unspecified atom stereocenters. The van der Waals surface area contributed by atoms with Crippen LogP contribution in [0.1, 0.15) is 47.2 Å². The van der Waals surface area contributed by atoms with Crippen LogP contribution < -0.4 is 4.90 Å². The van der Waals surface area contributed by atoms with E-state index in [4.69, 9.17) is 4.42 Å². The largest absolute Gasteiger partial charge is 0.456 e. The Bertz CT molecular complexity index is 3390. The maximum atomic E-state index is 6.32. The molecule has 3 aliphatic rings. The quantitative estimate of drug-likeness (QED) is 0.177. The average molecular weight is 766 g/mol. The van der Waals surface area contributed by atoms with Gasteiger partial charge < -0.3 is 9.32 Å². The standard InChI is InChI=1S/C58H39NO/c1-57(2)46-22-9-3-17-39(46)42-32-31-37(35-51(42)57)59(52-27-13-7-16-38(52)36-30-33-55-45(34-36)43-20-8-14-29-54(43)60-55)53-28-15-26-50-56(53)44-21-6-12-25-49(44)58(50)47-23-10-4-18-40(47)41-19-5-11-24-48(41)58/h3-35H,1-2H3. The van der Waals surface area contributed by atoms with Gasteiger partial charge in [0.1, 0.15) is 11.2 Å². The third-order valence-corrected chi connectivity index (χ3v) is 13.9. The molecule has 282 valence electrons. The molecule has 0 amide bonds. The first-order valence-electron chi connectivity index (χ1n) is 21.0. The van der Waals surface area contributed by atoms with E-state index in [-0.39, 0.29) is 5.41 Å². The number of anilines is 3. The van der Waals surface area contributed by atoms with E-state index in [1.54, 1.807) is 0 Å². The average Bonchev–Trinajstić information content (AvgIpc) is 3.99. The molecule has 3 aliphatic carbocycles. The summed E-state index contributed by atoms with van der Waals surface area (Å²) < 4.78 is 6.32. The van der Waals surface area contributed by atoms with Crippen molar-refractivity contribution in [2.45, 2.75) is 24.7 Å². The Morgan fingerprint density at radius 3 is 1.65 bits per heavy atom. The van der Waals surface area contributed by atoms with Gasteiger partial charge in [-0.2, -0.15) is 0 Å². The number of furan rings is 1. The molecule has 9 aromatic carbocycles. The van der Waals surface area contributed by atoms with Gasteiger partial charge in [-0.1, -0.05) is 172 Å². The lowest BCUT2D eigenvalue weighted by Gasteiger charge is -2.33. The zero-order chi connectivity index (χ0) is 39.7. The van der Waals surface area contributed by atoms with Gasteiger partial charge in [0, 0.05) is 33.0 Å². The molecule has 1 spiro atoms. The van der Waals surface area contributed by atoms with Crippen LogP contribution in [0, 0.1) is 0 Å². The number of benzene rings is 9. The van der Waals surface area contributed by atoms with Crippen molar-refractivity contribution in [3.8, 4) is 44.5 Å². The minimum atomic E-state index is -0.449. The number of fused-ring (bicyclic) bond motifs is 16. The molecule has 10 aromatic rings. The number of nitrogens with zero attached hydrogens (tertiary/aromatic N) is 1. The lowest BCUT2D eigenvalue weighted by molar-refractivity contribution is 0.660. The molecule has 1 heterocycles. The Balaban J connectivity index is 1.11. The van der Waals surface area contributed by atoms with Gasteiger partial charge >= 0.3 is 0 Å². The molecule has 2 heteroatoms. The first-order valence-corrected chi connectivity index (χ1v) is 21.0. The lowest BCUT2D eigenvalue weighted by atomic mass is 9.70. The van der Waals surface area contributed by atoms with E-state index in [0.29, 0.717) is 0 Å². The van der Waals surface area contributed by atoms with Crippen molar-refractivity contribution >= 4 is 39.0 Å². The van der Waals surface area contributed by atoms with Crippen molar-refractivity contribution in [1.29, 1.82) is 0 Å². The van der Waals surface area contributed by atoms with Crippen LogP contribution in [0.15, 0.2) is 205 Å². The van der Waals surface area contributed by atoms with Crippen molar-refractivity contribution in [1.82, 2.24) is 0 Å². The molecule has 1 aromatic heterocycles. The number of hydrogen-bond acceptors (Lipinski definition) is 2. The van der Waals surface area contributed by atoms with Gasteiger partial charge in [-0.05, 0) is 109 Å². The van der Waals surface area contributed by atoms with Crippen LogP contribution in [-0.4, -0.2) is 0 Å². The summed E-state index contributed by atoms with van der Waals surface area (Å²) in [5.41, 5.74) is 22.8. The van der Waals surface area contributed by atoms with Crippen molar-refractivity contribution in [3.63, 3.8) is 0 Å². The van der Waals surface area contributed by atoms with Crippen molar-refractivity contribution in [3.05, 3.63) is 234 Å². The monoisotopic (exact) mass is 765 g/mol. The minimum Gasteiger partial charge on any atom is -0.456 e. The molecular weight excluding hydrogens is 727 g/mol. The fourth-order valence-corrected chi connectivity index (χ4v) is 11.4. The highest BCUT2D eigenvalue weighted by molar-refractivity contribution is 6.08. The van der Waals surface area contributed by atoms with Gasteiger partial charge in [-0.15, -0.1) is 0 Å². The van der Waals surface area contributed by atoms with Gasteiger partial charge in [0.15, 0.2) is 0 Å². The summed E-state index contributed by atoms with van der Waals surface area (Å²) in [6.45, 7) is 4.75. The summed E-state index contributed by atoms with van der Waals surface area (Å²) >= 11 is 0. The first kappa shape index (κ1) is 33.5. The Hall–Kier alpha value is -7.42. The number of para-hydroxylation sites is 2. The first-order chi connectivity index (χ1) is 29.5. The fraction of sp³-hybridized carbons (Fsp3) is 0.0690. The molecule has 0 radical (unpaired) electrons. The van der Waals surface area contributed by atoms with Crippen LogP contribution in [0.3, 0.4) is 0 Å². The van der Waals surface area contributed by atoms with E-state index in [0.717, 1.165) is 50.1 Å². The SMILES string of the molecule is CC1(C)c2ccccc2-c2ccc(N(c3ccccc3-c3ccc4oc5ccccc5c4c3)c3cccc4c3-c3ccccc3C43c4ccccc4-c4ccccc43)cc21. The molecule has 60 heavy (non-hydrogen) atoms. The molecule has 2 nitrogen and oxygen atoms in total. The van der Waals surface area contributed by atoms with Crippen LogP contribution in [0.25, 0.3) is 66.4 Å². The van der Waals surface area contributed by atoms with Crippen molar-refractivity contribution in [2.75, 3.05) is 4.90 Å². The second kappa shape index (κ2) is 12.1. The van der Waals surface area contributed by atoms with Crippen LogP contribution in [0.4, 0.5) is 17.1 Å². The van der Waals surface area contributed by atoms with Gasteiger partial charge in [-0.3, -0.25) is 0 Å². The minimum absolute atomic E-state index is 0.160. The van der Waals surface area contributed by atoms with E-state index in [1.165, 1.54) is 66.8 Å². The maximum absolute atomic E-state index is 6.32. The fourth-order valence-electron chi connectivity index (χ4n) is 11.4. The molecule has 0 saturated carbocycles. The summed E-state index contributed by atoms with van der Waals surface area (Å²) in [6.07, 6.45) is 0. The van der Waals surface area contributed by atoms with E-state index in [9.17, 15) is 0 Å². The Labute approximate surface area is 349 Å². The van der Waals surface area contributed by atoms with Crippen LogP contribution in [0.2, 0.25) is 0 Å². The van der Waals surface area contributed by atoms with Crippen LogP contribution in [-0.2, 0) is 10.8 Å². The normalized spacial score (nSPS) is 14.4. The molecule has 0 atom stereocenters. The van der Waals surface area contributed by atoms with Crippen molar-refractivity contribution < 1.29 is 4.42 Å². The Kier molecular flexibility index (Phi) is 6.74. The Morgan fingerprint density at radius 1 is 0.367 bits per heavy atom. The van der Waals surface area contributed by atoms with E-state index in [1.807, 2.05) is 6.07 Å². The second-order valence-corrected chi connectivity index (χ2v) is 17.1. The summed E-state index contributed by atoms with van der Waals surface area (Å²) in [4.78, 5) is 2.55. The van der Waals surface area contributed by atoms with Gasteiger partial charge in [0.2, 0.25) is 0 Å². The molecule has 0 saturated heterocycles. The molecule has 0 N–H and O–H groups in total. The van der Waals surface area contributed by atoms with Crippen LogP contribution >= 0.6 is 0 Å². The number of hydrogen-bond donors (Lipinski definition) is 0.